The number of aliphatic hydroxyl groups is 3. The minimum atomic E-state index is -2.16. The second kappa shape index (κ2) is 46.6. The highest BCUT2D eigenvalue weighted by molar-refractivity contribution is 7.80. The summed E-state index contributed by atoms with van der Waals surface area (Å²) in [6, 6.07) is -2.68. The molecular weight excluding hydrogens is 1520 g/mol. The van der Waals surface area contributed by atoms with Gasteiger partial charge in [-0.2, -0.15) is 12.6 Å². The molecule has 0 saturated carbocycles. The van der Waals surface area contributed by atoms with E-state index in [1.807, 2.05) is 5.32 Å². The smallest absolute Gasteiger partial charge is 0.327 e. The number of carboxylic acid groups (broad SMARTS) is 4. The molecular formula is C73H97N13O27S. The zero-order chi connectivity index (χ0) is 85.2. The van der Waals surface area contributed by atoms with Crippen molar-refractivity contribution >= 4 is 107 Å². The summed E-state index contributed by atoms with van der Waals surface area (Å²) in [6.07, 6.45) is -6.04. The molecule has 0 aromatic heterocycles. The van der Waals surface area contributed by atoms with E-state index < -0.39 is 256 Å². The number of carboxylic acids is 4. The zero-order valence-corrected chi connectivity index (χ0v) is 63.2. The maximum atomic E-state index is 14.9. The third kappa shape index (κ3) is 32.6. The third-order valence-electron chi connectivity index (χ3n) is 17.0. The van der Waals surface area contributed by atoms with E-state index >= 15 is 0 Å². The summed E-state index contributed by atoms with van der Waals surface area (Å²) in [5.74, 6) is -23.4. The summed E-state index contributed by atoms with van der Waals surface area (Å²) < 4.78 is 0. The van der Waals surface area contributed by atoms with Gasteiger partial charge in [-0.1, -0.05) is 76.2 Å². The predicted octanol–water partition coefficient (Wildman–Crippen LogP) is -5.18. The van der Waals surface area contributed by atoms with Gasteiger partial charge in [-0.05, 0) is 108 Å². The monoisotopic (exact) mass is 1620 g/mol. The van der Waals surface area contributed by atoms with Gasteiger partial charge in [-0.25, -0.2) is 4.79 Å². The Morgan fingerprint density at radius 2 is 0.535 bits per heavy atom. The van der Waals surface area contributed by atoms with Gasteiger partial charge >= 0.3 is 23.9 Å². The molecule has 0 heterocycles. The highest BCUT2D eigenvalue weighted by Crippen LogP contribution is 2.19. The quantitative estimate of drug-likeness (QED) is 0.0184. The standard InChI is InChI=1S/C73H97N13O27S/c1-35(2)23-47(63(102)75-46(21-22-58(94)95)62(101)84-56(33-89)72(111)86-57(34-114)73(112)113)77-71(110)55(32-88)85-67(106)51(28-40-11-19-44(93)20-12-40)78-65(104)49(26-38-7-15-42(91)16-8-38)79-69(108)53(30-60(98)99)81-64(103)48(24-36(3)4)76-68(107)52(29-59(96)97)82-66(105)50(27-39-9-17-43(92)18-10-39)80-70(109)54(31-87)83-61(100)45(74)25-37-5-13-41(90)14-6-37/h5-20,35-36,45-57,87-93,114H,21-34,74H2,1-4H3,(H,75,102)(H,76,107)(H,77,110)(H,78,104)(H,79,108)(H,80,109)(H,81,103)(H,82,105)(H,83,100)(H,84,101)(H,85,106)(H,86,111)(H,94,95)(H,96,97)(H,98,99)(H,112,113)/t45-,46-,47-,48-,49-,50-,51-,52-,53-,54-,55-,56-,57-/m0/s1. The molecule has 40 nitrogen and oxygen atoms in total. The van der Waals surface area contributed by atoms with Gasteiger partial charge < -0.3 is 126 Å². The van der Waals surface area contributed by atoms with Gasteiger partial charge in [0.25, 0.3) is 0 Å². The van der Waals surface area contributed by atoms with Crippen LogP contribution in [0.2, 0.25) is 0 Å². The van der Waals surface area contributed by atoms with Crippen LogP contribution < -0.4 is 69.5 Å². The lowest BCUT2D eigenvalue weighted by molar-refractivity contribution is -0.142. The average molecular weight is 1620 g/mol. The van der Waals surface area contributed by atoms with Crippen LogP contribution in [0, 0.1) is 11.8 Å². The Hall–Kier alpha value is -12.2. The molecule has 4 aromatic carbocycles. The van der Waals surface area contributed by atoms with Crippen molar-refractivity contribution < 1.29 is 133 Å². The number of aromatic hydroxyl groups is 4. The lowest BCUT2D eigenvalue weighted by Gasteiger charge is -2.28. The molecule has 0 saturated heterocycles. The van der Waals surface area contributed by atoms with Crippen molar-refractivity contribution in [2.24, 2.45) is 17.6 Å². The van der Waals surface area contributed by atoms with Crippen LogP contribution >= 0.6 is 12.6 Å². The highest BCUT2D eigenvalue weighted by atomic mass is 32.1. The van der Waals surface area contributed by atoms with Crippen LogP contribution in [0.4, 0.5) is 0 Å². The molecule has 0 fully saturated rings. The van der Waals surface area contributed by atoms with E-state index in [9.17, 15) is 133 Å². The minimum absolute atomic E-state index is 0.0673. The Morgan fingerprint density at radius 3 is 0.807 bits per heavy atom. The predicted molar refractivity (Wildman–Crippen MR) is 401 cm³/mol. The number of thiol groups is 1. The number of carbonyl (C=O) groups is 16. The van der Waals surface area contributed by atoms with Crippen LogP contribution in [0.25, 0.3) is 0 Å². The molecule has 4 aromatic rings. The number of hydrogen-bond donors (Lipinski definition) is 25. The molecule has 13 atom stereocenters. The van der Waals surface area contributed by atoms with Crippen molar-refractivity contribution in [2.45, 2.75) is 170 Å². The molecule has 12 amide bonds. The fourth-order valence-corrected chi connectivity index (χ4v) is 11.2. The van der Waals surface area contributed by atoms with Crippen LogP contribution in [-0.4, -0.2) is 255 Å². The second-order valence-electron chi connectivity index (χ2n) is 27.3. The van der Waals surface area contributed by atoms with Crippen molar-refractivity contribution in [3.05, 3.63) is 119 Å². The summed E-state index contributed by atoms with van der Waals surface area (Å²) in [7, 11) is 0. The summed E-state index contributed by atoms with van der Waals surface area (Å²) in [6.45, 7) is 2.94. The van der Waals surface area contributed by atoms with Crippen LogP contribution in [0.1, 0.15) is 88.5 Å². The Bertz CT molecular complexity index is 4010. The Labute approximate surface area is 657 Å². The fraction of sp³-hybridized carbons (Fsp3) is 0.452. The Balaban J connectivity index is 1.65. The van der Waals surface area contributed by atoms with E-state index in [0.29, 0.717) is 5.56 Å². The van der Waals surface area contributed by atoms with Crippen LogP contribution in [0.3, 0.4) is 0 Å². The largest absolute Gasteiger partial charge is 0.508 e. The van der Waals surface area contributed by atoms with Crippen molar-refractivity contribution in [3.63, 3.8) is 0 Å². The van der Waals surface area contributed by atoms with E-state index in [4.69, 9.17) is 5.73 Å². The maximum Gasteiger partial charge on any atom is 0.327 e. The number of benzene rings is 4. The van der Waals surface area contributed by atoms with Gasteiger partial charge in [0.15, 0.2) is 0 Å². The van der Waals surface area contributed by atoms with Crippen molar-refractivity contribution in [1.82, 2.24) is 63.8 Å². The molecule has 0 unspecified atom stereocenters. The van der Waals surface area contributed by atoms with E-state index in [2.05, 4.69) is 71.1 Å². The molecule has 0 aliphatic heterocycles. The van der Waals surface area contributed by atoms with Crippen LogP contribution in [0.5, 0.6) is 23.0 Å². The molecule has 4 rings (SSSR count). The molecule has 0 aliphatic rings. The number of phenols is 4. The van der Waals surface area contributed by atoms with Gasteiger partial charge in [-0.15, -0.1) is 0 Å². The first-order valence-corrected chi connectivity index (χ1v) is 36.2. The minimum Gasteiger partial charge on any atom is -0.508 e. The normalized spacial score (nSPS) is 14.5. The molecule has 0 bridgehead atoms. The summed E-state index contributed by atoms with van der Waals surface area (Å²) in [4.78, 5) is 217. The van der Waals surface area contributed by atoms with Crippen molar-refractivity contribution in [1.29, 1.82) is 0 Å². The summed E-state index contributed by atoms with van der Waals surface area (Å²) in [5, 5.41) is 137. The zero-order valence-electron chi connectivity index (χ0n) is 62.3. The molecule has 0 aliphatic carbocycles. The van der Waals surface area contributed by atoms with E-state index in [0.717, 1.165) is 0 Å². The van der Waals surface area contributed by atoms with Crippen LogP contribution in [0.15, 0.2) is 97.1 Å². The molecule has 114 heavy (non-hydrogen) atoms. The molecule has 41 heteroatoms. The number of nitrogens with two attached hydrogens (primary N) is 1. The summed E-state index contributed by atoms with van der Waals surface area (Å²) in [5.41, 5.74) is 7.26. The highest BCUT2D eigenvalue weighted by Gasteiger charge is 2.39. The SMILES string of the molecule is CC(C)C[C@H](NC(=O)[C@H](CO)NC(=O)[C@H](Cc1ccc(O)cc1)NC(=O)[C@H](Cc1ccc(O)cc1)NC(=O)[C@H](CC(=O)O)NC(=O)[C@H](CC(C)C)NC(=O)[C@H](CC(=O)O)NC(=O)[C@H](Cc1ccc(O)cc1)NC(=O)[C@H](CO)NC(=O)[C@@H](N)Cc1ccc(O)cc1)C(=O)N[C@@H](CCC(=O)O)C(=O)N[C@@H](CO)C(=O)N[C@@H](CS)C(=O)O. The maximum absolute atomic E-state index is 14.9. The average Bonchev–Trinajstić information content (AvgIpc) is 0.846. The van der Waals surface area contributed by atoms with Gasteiger partial charge in [-0.3, -0.25) is 71.9 Å². The Kier molecular flexibility index (Phi) is 38.5. The number of carbonyl (C=O) groups excluding carboxylic acids is 12. The lowest BCUT2D eigenvalue weighted by Crippen LogP contribution is -2.62. The number of rotatable bonds is 48. The molecule has 25 N–H and O–H groups in total. The van der Waals surface area contributed by atoms with E-state index in [1.54, 1.807) is 27.7 Å². The molecule has 622 valence electrons. The van der Waals surface area contributed by atoms with Gasteiger partial charge in [0.05, 0.1) is 38.7 Å². The van der Waals surface area contributed by atoms with Gasteiger partial charge in [0.1, 0.15) is 95.5 Å². The number of aliphatic hydroxyl groups excluding tert-OH is 3. The summed E-state index contributed by atoms with van der Waals surface area (Å²) >= 11 is 3.85. The number of aliphatic carboxylic acids is 4. The second-order valence-corrected chi connectivity index (χ2v) is 27.6. The van der Waals surface area contributed by atoms with Crippen molar-refractivity contribution in [2.75, 3.05) is 25.6 Å². The van der Waals surface area contributed by atoms with Crippen LogP contribution in [-0.2, 0) is 102 Å². The first-order valence-electron chi connectivity index (χ1n) is 35.6. The first kappa shape index (κ1) is 94.2. The van der Waals surface area contributed by atoms with Gasteiger partial charge in [0, 0.05) is 31.4 Å². The number of hydrogen-bond acceptors (Lipinski definition) is 25. The van der Waals surface area contributed by atoms with Gasteiger partial charge in [0.2, 0.25) is 70.9 Å². The molecule has 0 radical (unpaired) electrons. The third-order valence-corrected chi connectivity index (χ3v) is 17.3. The number of amides is 12. The van der Waals surface area contributed by atoms with E-state index in [-0.39, 0.29) is 59.0 Å². The molecule has 0 spiro atoms. The topological polar surface area (TPSA) is 666 Å². The Morgan fingerprint density at radius 1 is 0.307 bits per heavy atom. The van der Waals surface area contributed by atoms with Crippen molar-refractivity contribution in [3.8, 4) is 23.0 Å². The lowest BCUT2D eigenvalue weighted by atomic mass is 10.00. The number of nitrogens with one attached hydrogen (secondary N) is 12. The fourth-order valence-electron chi connectivity index (χ4n) is 11.0. The van der Waals surface area contributed by atoms with E-state index in [1.165, 1.54) is 97.1 Å². The number of phenolic OH excluding ortho intramolecular Hbond substituents is 4. The first-order chi connectivity index (χ1) is 53.7.